The summed E-state index contributed by atoms with van der Waals surface area (Å²) >= 11 is 5.94. The average molecular weight is 379 g/mol. The molecular weight excluding hydrogens is 352 g/mol. The Morgan fingerprint density at radius 2 is 2.08 bits per heavy atom. The molecule has 1 heterocycles. The summed E-state index contributed by atoms with van der Waals surface area (Å²) in [4.78, 5) is 29.3. The molecule has 1 aromatic carbocycles. The quantitative estimate of drug-likeness (QED) is 0.856. The van der Waals surface area contributed by atoms with Crippen molar-refractivity contribution < 1.29 is 14.7 Å². The Bertz CT molecular complexity index is 688. The highest BCUT2D eigenvalue weighted by Crippen LogP contribution is 2.32. The van der Waals surface area contributed by atoms with E-state index >= 15 is 0 Å². The van der Waals surface area contributed by atoms with Gasteiger partial charge < -0.3 is 14.9 Å². The van der Waals surface area contributed by atoms with E-state index in [9.17, 15) is 14.7 Å². The number of nitrogens with zero attached hydrogens (tertiary/aromatic N) is 2. The maximum absolute atomic E-state index is 12.8. The molecule has 1 atom stereocenters. The van der Waals surface area contributed by atoms with Gasteiger partial charge in [-0.05, 0) is 42.4 Å². The molecule has 2 fully saturated rings. The number of amides is 2. The minimum Gasteiger partial charge on any atom is -0.506 e. The van der Waals surface area contributed by atoms with Gasteiger partial charge in [0.2, 0.25) is 11.8 Å². The largest absolute Gasteiger partial charge is 0.506 e. The second-order valence-electron chi connectivity index (χ2n) is 7.85. The fourth-order valence-corrected chi connectivity index (χ4v) is 3.74. The minimum absolute atomic E-state index is 0.00141. The van der Waals surface area contributed by atoms with Gasteiger partial charge in [0.1, 0.15) is 5.75 Å². The summed E-state index contributed by atoms with van der Waals surface area (Å²) in [5.41, 5.74) is 0.768. The minimum atomic E-state index is -0.00141. The van der Waals surface area contributed by atoms with Crippen LogP contribution in [0.15, 0.2) is 18.2 Å². The molecule has 6 heteroatoms. The van der Waals surface area contributed by atoms with Crippen LogP contribution in [0.2, 0.25) is 5.02 Å². The van der Waals surface area contributed by atoms with E-state index in [0.717, 1.165) is 12.1 Å². The van der Waals surface area contributed by atoms with Gasteiger partial charge in [0, 0.05) is 26.1 Å². The van der Waals surface area contributed by atoms with Crippen LogP contribution in [0.5, 0.6) is 5.75 Å². The molecule has 1 N–H and O–H groups in total. The third-order valence-electron chi connectivity index (χ3n) is 5.37. The predicted octanol–water partition coefficient (Wildman–Crippen LogP) is 3.08. The first-order valence-corrected chi connectivity index (χ1v) is 9.77. The van der Waals surface area contributed by atoms with Crippen LogP contribution < -0.4 is 0 Å². The van der Waals surface area contributed by atoms with Gasteiger partial charge in [-0.3, -0.25) is 9.59 Å². The molecule has 0 bridgehead atoms. The monoisotopic (exact) mass is 378 g/mol. The molecule has 3 rings (SSSR count). The zero-order chi connectivity index (χ0) is 18.8. The number of phenolic OH excluding ortho intramolecular Hbond substituents is 1. The van der Waals surface area contributed by atoms with E-state index in [-0.39, 0.29) is 35.0 Å². The van der Waals surface area contributed by atoms with E-state index in [2.05, 4.69) is 13.8 Å². The lowest BCUT2D eigenvalue weighted by Crippen LogP contribution is -2.48. The molecule has 0 radical (unpaired) electrons. The molecule has 1 aromatic rings. The van der Waals surface area contributed by atoms with Crippen molar-refractivity contribution in [3.05, 3.63) is 28.8 Å². The Hall–Kier alpha value is -1.75. The van der Waals surface area contributed by atoms with E-state index in [4.69, 9.17) is 11.6 Å². The third-order valence-corrected chi connectivity index (χ3v) is 5.67. The molecule has 26 heavy (non-hydrogen) atoms. The summed E-state index contributed by atoms with van der Waals surface area (Å²) in [6, 6.07) is 4.90. The number of carbonyl (C=O) groups is 2. The van der Waals surface area contributed by atoms with Crippen LogP contribution in [0, 0.1) is 11.8 Å². The summed E-state index contributed by atoms with van der Waals surface area (Å²) < 4.78 is 0. The summed E-state index contributed by atoms with van der Waals surface area (Å²) in [5, 5.41) is 9.77. The molecular formula is C20H27ClN2O3. The zero-order valence-corrected chi connectivity index (χ0v) is 16.2. The van der Waals surface area contributed by atoms with Gasteiger partial charge in [-0.1, -0.05) is 31.5 Å². The van der Waals surface area contributed by atoms with Crippen LogP contribution in [0.25, 0.3) is 0 Å². The average Bonchev–Trinajstić information content (AvgIpc) is 3.41. The van der Waals surface area contributed by atoms with Crippen molar-refractivity contribution in [1.82, 2.24) is 9.80 Å². The number of benzene rings is 1. The fourth-order valence-electron chi connectivity index (χ4n) is 3.53. The van der Waals surface area contributed by atoms with Gasteiger partial charge in [0.15, 0.2) is 0 Å². The van der Waals surface area contributed by atoms with E-state index in [1.165, 1.54) is 18.9 Å². The number of rotatable bonds is 5. The normalized spacial score (nSPS) is 21.2. The van der Waals surface area contributed by atoms with Gasteiger partial charge in [-0.2, -0.15) is 0 Å². The second-order valence-corrected chi connectivity index (χ2v) is 8.26. The molecule has 1 aliphatic carbocycles. The predicted molar refractivity (Wildman–Crippen MR) is 101 cm³/mol. The SMILES string of the molecule is CC(C)C1CN(C(=O)Cc2ccc(O)c(Cl)c2)CCC(=O)N1CC1CC1. The van der Waals surface area contributed by atoms with Crippen LogP contribution >= 0.6 is 11.6 Å². The standard InChI is InChI=1S/C20H27ClN2O3/c1-13(2)17-12-22(8-7-19(25)23(17)11-14-3-4-14)20(26)10-15-5-6-18(24)16(21)9-15/h5-6,9,13-14,17,24H,3-4,7-8,10-12H2,1-2H3. The number of phenols is 1. The van der Waals surface area contributed by atoms with Gasteiger partial charge in [0.25, 0.3) is 0 Å². The Morgan fingerprint density at radius 3 is 2.69 bits per heavy atom. The molecule has 1 saturated carbocycles. The first-order valence-electron chi connectivity index (χ1n) is 9.39. The third kappa shape index (κ3) is 4.50. The summed E-state index contributed by atoms with van der Waals surface area (Å²) in [7, 11) is 0. The molecule has 1 saturated heterocycles. The van der Waals surface area contributed by atoms with E-state index in [1.54, 1.807) is 12.1 Å². The second kappa shape index (κ2) is 7.87. The van der Waals surface area contributed by atoms with Crippen LogP contribution in [-0.4, -0.2) is 52.4 Å². The smallest absolute Gasteiger partial charge is 0.227 e. The van der Waals surface area contributed by atoms with Gasteiger partial charge in [-0.25, -0.2) is 0 Å². The Balaban J connectivity index is 1.71. The lowest BCUT2D eigenvalue weighted by atomic mass is 10.0. The highest BCUT2D eigenvalue weighted by molar-refractivity contribution is 6.32. The van der Waals surface area contributed by atoms with Gasteiger partial charge >= 0.3 is 0 Å². The number of halogens is 1. The summed E-state index contributed by atoms with van der Waals surface area (Å²) in [6.45, 7) is 6.11. The van der Waals surface area contributed by atoms with Crippen molar-refractivity contribution in [3.8, 4) is 5.75 Å². The maximum Gasteiger partial charge on any atom is 0.227 e. The molecule has 0 spiro atoms. The Labute approximate surface area is 159 Å². The van der Waals surface area contributed by atoms with Gasteiger partial charge in [-0.15, -0.1) is 0 Å². The van der Waals surface area contributed by atoms with Crippen molar-refractivity contribution in [2.45, 2.75) is 45.6 Å². The first-order chi connectivity index (χ1) is 12.3. The maximum atomic E-state index is 12.8. The van der Waals surface area contributed by atoms with Crippen molar-refractivity contribution in [3.63, 3.8) is 0 Å². The van der Waals surface area contributed by atoms with Crippen LogP contribution in [0.3, 0.4) is 0 Å². The molecule has 2 amide bonds. The van der Waals surface area contributed by atoms with Crippen LogP contribution in [0.1, 0.15) is 38.7 Å². The fraction of sp³-hybridized carbons (Fsp3) is 0.600. The van der Waals surface area contributed by atoms with Crippen molar-refractivity contribution in [2.75, 3.05) is 19.6 Å². The van der Waals surface area contributed by atoms with E-state index in [0.29, 0.717) is 31.3 Å². The number of hydrogen-bond acceptors (Lipinski definition) is 3. The molecule has 5 nitrogen and oxygen atoms in total. The highest BCUT2D eigenvalue weighted by Gasteiger charge is 2.36. The van der Waals surface area contributed by atoms with Crippen LogP contribution in [0.4, 0.5) is 0 Å². The molecule has 0 aromatic heterocycles. The molecule has 1 aliphatic heterocycles. The molecule has 1 unspecified atom stereocenters. The highest BCUT2D eigenvalue weighted by atomic mass is 35.5. The van der Waals surface area contributed by atoms with Crippen molar-refractivity contribution in [1.29, 1.82) is 0 Å². The van der Waals surface area contributed by atoms with Gasteiger partial charge in [0.05, 0.1) is 17.5 Å². The lowest BCUT2D eigenvalue weighted by molar-refractivity contribution is -0.134. The lowest BCUT2D eigenvalue weighted by Gasteiger charge is -2.35. The Kier molecular flexibility index (Phi) is 5.76. The number of hydrogen-bond donors (Lipinski definition) is 1. The molecule has 2 aliphatic rings. The summed E-state index contributed by atoms with van der Waals surface area (Å²) in [6.07, 6.45) is 3.03. The van der Waals surface area contributed by atoms with E-state index < -0.39 is 0 Å². The molecule has 142 valence electrons. The van der Waals surface area contributed by atoms with E-state index in [1.807, 2.05) is 9.80 Å². The number of carbonyl (C=O) groups excluding carboxylic acids is 2. The number of aromatic hydroxyl groups is 1. The topological polar surface area (TPSA) is 60.9 Å². The summed E-state index contributed by atoms with van der Waals surface area (Å²) in [5.74, 6) is 1.12. The van der Waals surface area contributed by atoms with Crippen LogP contribution in [-0.2, 0) is 16.0 Å². The first kappa shape index (κ1) is 19.0. The zero-order valence-electron chi connectivity index (χ0n) is 15.4. The Morgan fingerprint density at radius 1 is 1.35 bits per heavy atom. The van der Waals surface area contributed by atoms with Crippen molar-refractivity contribution >= 4 is 23.4 Å². The van der Waals surface area contributed by atoms with Crippen molar-refractivity contribution in [2.24, 2.45) is 11.8 Å².